The number of hydrogen-bond acceptors (Lipinski definition) is 3. The van der Waals surface area contributed by atoms with E-state index in [2.05, 4.69) is 10.3 Å². The minimum atomic E-state index is -1.05. The van der Waals surface area contributed by atoms with Crippen LogP contribution in [0, 0.1) is 0 Å². The lowest BCUT2D eigenvalue weighted by Crippen LogP contribution is -2.16. The number of aryl methyl sites for hydroxylation is 1. The molecule has 0 bridgehead atoms. The molecule has 122 valence electrons. The fourth-order valence-corrected chi connectivity index (χ4v) is 2.64. The SMILES string of the molecule is CCc1nc2ccc(Cl)cn2c1C(=O)Nc1cccc(C(=O)O)c1. The number of rotatable bonds is 4. The lowest BCUT2D eigenvalue weighted by molar-refractivity contribution is 0.0696. The van der Waals surface area contributed by atoms with Crippen LogP contribution in [0.5, 0.6) is 0 Å². The van der Waals surface area contributed by atoms with Crippen molar-refractivity contribution in [1.82, 2.24) is 9.38 Å². The van der Waals surface area contributed by atoms with Gasteiger partial charge in [0.2, 0.25) is 0 Å². The fourth-order valence-electron chi connectivity index (χ4n) is 2.47. The van der Waals surface area contributed by atoms with Crippen molar-refractivity contribution in [2.45, 2.75) is 13.3 Å². The monoisotopic (exact) mass is 343 g/mol. The first-order valence-corrected chi connectivity index (χ1v) is 7.68. The van der Waals surface area contributed by atoms with Crippen molar-refractivity contribution in [1.29, 1.82) is 0 Å². The van der Waals surface area contributed by atoms with Gasteiger partial charge < -0.3 is 10.4 Å². The predicted octanol–water partition coefficient (Wildman–Crippen LogP) is 3.50. The third-order valence-electron chi connectivity index (χ3n) is 3.57. The van der Waals surface area contributed by atoms with E-state index in [4.69, 9.17) is 16.7 Å². The number of carboxylic acids is 1. The van der Waals surface area contributed by atoms with E-state index in [1.807, 2.05) is 6.92 Å². The van der Waals surface area contributed by atoms with Crippen molar-refractivity contribution >= 4 is 34.8 Å². The highest BCUT2D eigenvalue weighted by Gasteiger charge is 2.19. The lowest BCUT2D eigenvalue weighted by atomic mass is 10.2. The Bertz CT molecular complexity index is 949. The number of imidazole rings is 1. The Morgan fingerprint density at radius 2 is 2.08 bits per heavy atom. The Kier molecular flexibility index (Phi) is 4.22. The van der Waals surface area contributed by atoms with Gasteiger partial charge >= 0.3 is 5.97 Å². The number of fused-ring (bicyclic) bond motifs is 1. The van der Waals surface area contributed by atoms with E-state index in [1.165, 1.54) is 12.1 Å². The minimum absolute atomic E-state index is 0.102. The number of nitrogens with one attached hydrogen (secondary N) is 1. The molecule has 0 saturated heterocycles. The largest absolute Gasteiger partial charge is 0.478 e. The standard InChI is InChI=1S/C17H14ClN3O3/c1-2-13-15(21-9-11(18)6-7-14(21)20-13)16(22)19-12-5-3-4-10(8-12)17(23)24/h3-9H,2H2,1H3,(H,19,22)(H,23,24). The molecule has 0 spiro atoms. The first kappa shape index (κ1) is 16.0. The summed E-state index contributed by atoms with van der Waals surface area (Å²) < 4.78 is 1.64. The first-order chi connectivity index (χ1) is 11.5. The van der Waals surface area contributed by atoms with Crippen LogP contribution < -0.4 is 5.32 Å². The molecule has 6 nitrogen and oxygen atoms in total. The number of halogens is 1. The zero-order valence-electron chi connectivity index (χ0n) is 12.8. The number of pyridine rings is 1. The van der Waals surface area contributed by atoms with Crippen molar-refractivity contribution in [3.8, 4) is 0 Å². The van der Waals surface area contributed by atoms with Gasteiger partial charge in [-0.05, 0) is 36.8 Å². The quantitative estimate of drug-likeness (QED) is 0.759. The molecular formula is C17H14ClN3O3. The average Bonchev–Trinajstić information content (AvgIpc) is 2.92. The van der Waals surface area contributed by atoms with Crippen LogP contribution >= 0.6 is 11.6 Å². The molecule has 0 aliphatic rings. The Labute approximate surface area is 142 Å². The summed E-state index contributed by atoms with van der Waals surface area (Å²) in [7, 11) is 0. The van der Waals surface area contributed by atoms with Gasteiger partial charge in [-0.2, -0.15) is 0 Å². The molecule has 2 N–H and O–H groups in total. The summed E-state index contributed by atoms with van der Waals surface area (Å²) in [6.07, 6.45) is 2.21. The van der Waals surface area contributed by atoms with Crippen molar-refractivity contribution in [2.24, 2.45) is 0 Å². The fraction of sp³-hybridized carbons (Fsp3) is 0.118. The van der Waals surface area contributed by atoms with Crippen LogP contribution in [0.3, 0.4) is 0 Å². The molecule has 24 heavy (non-hydrogen) atoms. The van der Waals surface area contributed by atoms with Crippen LogP contribution in [0.4, 0.5) is 5.69 Å². The van der Waals surface area contributed by atoms with Gasteiger partial charge in [0.1, 0.15) is 11.3 Å². The van der Waals surface area contributed by atoms with E-state index >= 15 is 0 Å². The first-order valence-electron chi connectivity index (χ1n) is 7.30. The number of aromatic carboxylic acids is 1. The Hall–Kier alpha value is -2.86. The van der Waals surface area contributed by atoms with Gasteiger partial charge in [-0.3, -0.25) is 9.20 Å². The Balaban J connectivity index is 2.01. The molecule has 2 heterocycles. The van der Waals surface area contributed by atoms with Gasteiger partial charge in [0.05, 0.1) is 16.3 Å². The van der Waals surface area contributed by atoms with Crippen LogP contribution in [0.1, 0.15) is 33.5 Å². The zero-order valence-corrected chi connectivity index (χ0v) is 13.5. The van der Waals surface area contributed by atoms with Gasteiger partial charge in [0.25, 0.3) is 5.91 Å². The number of aromatic nitrogens is 2. The van der Waals surface area contributed by atoms with Gasteiger partial charge in [0, 0.05) is 11.9 Å². The van der Waals surface area contributed by atoms with E-state index in [1.54, 1.807) is 34.9 Å². The molecule has 0 aliphatic heterocycles. The third kappa shape index (κ3) is 2.96. The zero-order chi connectivity index (χ0) is 17.3. The average molecular weight is 344 g/mol. The van der Waals surface area contributed by atoms with Gasteiger partial charge in [0.15, 0.2) is 0 Å². The molecule has 0 unspecified atom stereocenters. The summed E-state index contributed by atoms with van der Waals surface area (Å²) in [5.74, 6) is -1.42. The topological polar surface area (TPSA) is 83.7 Å². The molecule has 0 saturated carbocycles. The minimum Gasteiger partial charge on any atom is -0.478 e. The highest BCUT2D eigenvalue weighted by atomic mass is 35.5. The maximum absolute atomic E-state index is 12.7. The van der Waals surface area contributed by atoms with Crippen molar-refractivity contribution in [3.05, 3.63) is 64.6 Å². The van der Waals surface area contributed by atoms with Crippen LogP contribution in [0.2, 0.25) is 5.02 Å². The molecule has 7 heteroatoms. The number of carbonyl (C=O) groups is 2. The number of carboxylic acid groups (broad SMARTS) is 1. The molecule has 0 fully saturated rings. The van der Waals surface area contributed by atoms with E-state index in [0.29, 0.717) is 34.2 Å². The molecule has 3 aromatic rings. The third-order valence-corrected chi connectivity index (χ3v) is 3.80. The van der Waals surface area contributed by atoms with Crippen molar-refractivity contribution in [2.75, 3.05) is 5.32 Å². The van der Waals surface area contributed by atoms with Crippen LogP contribution in [0.15, 0.2) is 42.6 Å². The highest BCUT2D eigenvalue weighted by molar-refractivity contribution is 6.30. The van der Waals surface area contributed by atoms with Crippen molar-refractivity contribution < 1.29 is 14.7 Å². The highest BCUT2D eigenvalue weighted by Crippen LogP contribution is 2.19. The number of nitrogens with zero attached hydrogens (tertiary/aromatic N) is 2. The van der Waals surface area contributed by atoms with E-state index in [9.17, 15) is 9.59 Å². The number of amides is 1. The molecule has 3 rings (SSSR count). The summed E-state index contributed by atoms with van der Waals surface area (Å²) in [6.45, 7) is 1.91. The molecule has 0 aliphatic carbocycles. The summed E-state index contributed by atoms with van der Waals surface area (Å²) in [5, 5.41) is 12.2. The molecule has 0 radical (unpaired) electrons. The summed E-state index contributed by atoms with van der Waals surface area (Å²) in [4.78, 5) is 28.2. The maximum Gasteiger partial charge on any atom is 0.335 e. The second-order valence-corrected chi connectivity index (χ2v) is 5.61. The summed E-state index contributed by atoms with van der Waals surface area (Å²) in [5.41, 5.74) is 2.16. The van der Waals surface area contributed by atoms with Crippen LogP contribution in [0.25, 0.3) is 5.65 Å². The molecule has 1 aromatic carbocycles. The molecule has 0 atom stereocenters. The van der Waals surface area contributed by atoms with Crippen molar-refractivity contribution in [3.63, 3.8) is 0 Å². The maximum atomic E-state index is 12.7. The number of anilines is 1. The van der Waals surface area contributed by atoms with E-state index in [0.717, 1.165) is 0 Å². The van der Waals surface area contributed by atoms with Crippen LogP contribution in [-0.4, -0.2) is 26.4 Å². The number of hydrogen-bond donors (Lipinski definition) is 2. The number of carbonyl (C=O) groups excluding carboxylic acids is 1. The smallest absolute Gasteiger partial charge is 0.335 e. The summed E-state index contributed by atoms with van der Waals surface area (Å²) >= 11 is 6.02. The Morgan fingerprint density at radius 3 is 2.79 bits per heavy atom. The van der Waals surface area contributed by atoms with Gasteiger partial charge in [-0.25, -0.2) is 9.78 Å². The van der Waals surface area contributed by atoms with Gasteiger partial charge in [-0.15, -0.1) is 0 Å². The van der Waals surface area contributed by atoms with E-state index < -0.39 is 5.97 Å². The lowest BCUT2D eigenvalue weighted by Gasteiger charge is -2.07. The second kappa shape index (κ2) is 6.33. The predicted molar refractivity (Wildman–Crippen MR) is 90.9 cm³/mol. The summed E-state index contributed by atoms with van der Waals surface area (Å²) in [6, 6.07) is 9.52. The molecular weight excluding hydrogens is 330 g/mol. The normalized spacial score (nSPS) is 10.8. The van der Waals surface area contributed by atoms with E-state index in [-0.39, 0.29) is 11.5 Å². The number of benzene rings is 1. The molecule has 2 aromatic heterocycles. The van der Waals surface area contributed by atoms with Gasteiger partial charge in [-0.1, -0.05) is 24.6 Å². The second-order valence-electron chi connectivity index (χ2n) is 5.18. The van der Waals surface area contributed by atoms with Crippen LogP contribution in [-0.2, 0) is 6.42 Å². The molecule has 1 amide bonds. The Morgan fingerprint density at radius 1 is 1.29 bits per heavy atom.